The zero-order valence-corrected chi connectivity index (χ0v) is 10.9. The highest BCUT2D eigenvalue weighted by Crippen LogP contribution is 2.30. The molecule has 3 nitrogen and oxygen atoms in total. The molecule has 1 unspecified atom stereocenters. The van der Waals surface area contributed by atoms with Crippen molar-refractivity contribution in [3.05, 3.63) is 59.4 Å². The van der Waals surface area contributed by atoms with Gasteiger partial charge in [-0.15, -0.1) is 0 Å². The topological polar surface area (TPSA) is 48.1 Å². The second-order valence-corrected chi connectivity index (χ2v) is 5.00. The fourth-order valence-corrected chi connectivity index (χ4v) is 2.56. The Labute approximate surface area is 113 Å². The predicted octanol–water partition coefficient (Wildman–Crippen LogP) is 3.00. The molecule has 0 radical (unpaired) electrons. The summed E-state index contributed by atoms with van der Waals surface area (Å²) in [6, 6.07) is 10.4. The molecule has 1 aromatic carbocycles. The maximum Gasteiger partial charge on any atom is 0.120 e. The van der Waals surface area contributed by atoms with E-state index in [-0.39, 0.29) is 6.04 Å². The lowest BCUT2D eigenvalue weighted by molar-refractivity contribution is 0.305. The van der Waals surface area contributed by atoms with E-state index in [2.05, 4.69) is 17.1 Å². The van der Waals surface area contributed by atoms with E-state index in [1.807, 2.05) is 18.2 Å². The summed E-state index contributed by atoms with van der Waals surface area (Å²) in [5.41, 5.74) is 9.86. The lowest BCUT2D eigenvalue weighted by Gasteiger charge is -2.22. The third-order valence-corrected chi connectivity index (χ3v) is 3.63. The molecule has 2 N–H and O–H groups in total. The number of benzene rings is 1. The van der Waals surface area contributed by atoms with Gasteiger partial charge in [0, 0.05) is 18.4 Å². The van der Waals surface area contributed by atoms with Crippen LogP contribution in [0.15, 0.2) is 42.7 Å². The van der Waals surface area contributed by atoms with Crippen molar-refractivity contribution in [2.75, 3.05) is 0 Å². The Kier molecular flexibility index (Phi) is 3.47. The Morgan fingerprint density at radius 3 is 2.89 bits per heavy atom. The summed E-state index contributed by atoms with van der Waals surface area (Å²) in [5.74, 6) is 0.921. The van der Waals surface area contributed by atoms with E-state index in [1.165, 1.54) is 17.5 Å². The molecule has 3 rings (SSSR count). The highest BCUT2D eigenvalue weighted by atomic mass is 16.5. The summed E-state index contributed by atoms with van der Waals surface area (Å²) in [7, 11) is 0. The fraction of sp³-hybridized carbons (Fsp3) is 0.312. The van der Waals surface area contributed by atoms with Crippen LogP contribution in [-0.4, -0.2) is 4.98 Å². The van der Waals surface area contributed by atoms with Crippen LogP contribution >= 0.6 is 0 Å². The van der Waals surface area contributed by atoms with E-state index >= 15 is 0 Å². The Hall–Kier alpha value is -1.87. The molecule has 1 atom stereocenters. The van der Waals surface area contributed by atoms with Crippen molar-refractivity contribution in [2.45, 2.75) is 31.9 Å². The van der Waals surface area contributed by atoms with Gasteiger partial charge in [-0.3, -0.25) is 4.98 Å². The Morgan fingerprint density at radius 2 is 2.05 bits per heavy atom. The van der Waals surface area contributed by atoms with Crippen molar-refractivity contribution >= 4 is 0 Å². The number of hydrogen-bond donors (Lipinski definition) is 1. The monoisotopic (exact) mass is 254 g/mol. The largest absolute Gasteiger partial charge is 0.489 e. The van der Waals surface area contributed by atoms with Crippen molar-refractivity contribution in [3.63, 3.8) is 0 Å². The molecule has 1 aromatic heterocycles. The predicted molar refractivity (Wildman–Crippen MR) is 74.9 cm³/mol. The zero-order valence-electron chi connectivity index (χ0n) is 10.9. The van der Waals surface area contributed by atoms with Crippen LogP contribution in [0.1, 0.15) is 35.6 Å². The number of aromatic nitrogens is 1. The summed E-state index contributed by atoms with van der Waals surface area (Å²) in [6.07, 6.45) is 6.93. The molecular formula is C16H18N2O. The van der Waals surface area contributed by atoms with Crippen molar-refractivity contribution in [3.8, 4) is 5.75 Å². The van der Waals surface area contributed by atoms with E-state index < -0.39 is 0 Å². The van der Waals surface area contributed by atoms with E-state index in [0.717, 1.165) is 24.2 Å². The second-order valence-electron chi connectivity index (χ2n) is 5.00. The standard InChI is InChI=1S/C16H18N2O/c17-16-3-1-2-13-10-14(4-5-15(13)16)19-11-12-6-8-18-9-7-12/h4-10,16H,1-3,11,17H2. The highest BCUT2D eigenvalue weighted by molar-refractivity contribution is 5.39. The Balaban J connectivity index is 1.72. The number of pyridine rings is 1. The van der Waals surface area contributed by atoms with Crippen LogP contribution in [0.25, 0.3) is 0 Å². The van der Waals surface area contributed by atoms with Gasteiger partial charge in [-0.1, -0.05) is 6.07 Å². The molecule has 98 valence electrons. The van der Waals surface area contributed by atoms with Crippen molar-refractivity contribution in [1.29, 1.82) is 0 Å². The van der Waals surface area contributed by atoms with E-state index in [9.17, 15) is 0 Å². The maximum atomic E-state index is 6.11. The first-order valence-electron chi connectivity index (χ1n) is 6.73. The lowest BCUT2D eigenvalue weighted by atomic mass is 9.88. The van der Waals surface area contributed by atoms with Gasteiger partial charge in [0.05, 0.1) is 0 Å². The average molecular weight is 254 g/mol. The van der Waals surface area contributed by atoms with Gasteiger partial charge in [-0.25, -0.2) is 0 Å². The van der Waals surface area contributed by atoms with E-state index in [1.54, 1.807) is 12.4 Å². The second kappa shape index (κ2) is 5.41. The smallest absolute Gasteiger partial charge is 0.120 e. The van der Waals surface area contributed by atoms with Crippen LogP contribution in [0.5, 0.6) is 5.75 Å². The summed E-state index contributed by atoms with van der Waals surface area (Å²) in [6.45, 7) is 0.577. The molecule has 1 aliphatic carbocycles. The van der Waals surface area contributed by atoms with Gasteiger partial charge < -0.3 is 10.5 Å². The summed E-state index contributed by atoms with van der Waals surface area (Å²) in [4.78, 5) is 4.00. The van der Waals surface area contributed by atoms with E-state index in [0.29, 0.717) is 6.61 Å². The van der Waals surface area contributed by atoms with Crippen LogP contribution < -0.4 is 10.5 Å². The molecule has 0 spiro atoms. The number of hydrogen-bond acceptors (Lipinski definition) is 3. The number of nitrogens with two attached hydrogens (primary N) is 1. The molecular weight excluding hydrogens is 236 g/mol. The van der Waals surface area contributed by atoms with Gasteiger partial charge in [-0.05, 0) is 60.2 Å². The molecule has 0 saturated heterocycles. The molecule has 2 aromatic rings. The third-order valence-electron chi connectivity index (χ3n) is 3.63. The molecule has 0 saturated carbocycles. The third kappa shape index (κ3) is 2.76. The lowest BCUT2D eigenvalue weighted by Crippen LogP contribution is -2.17. The Morgan fingerprint density at radius 1 is 1.21 bits per heavy atom. The summed E-state index contributed by atoms with van der Waals surface area (Å²) in [5, 5.41) is 0. The minimum atomic E-state index is 0.193. The van der Waals surface area contributed by atoms with Gasteiger partial charge >= 0.3 is 0 Å². The fourth-order valence-electron chi connectivity index (χ4n) is 2.56. The maximum absolute atomic E-state index is 6.11. The first kappa shape index (κ1) is 12.2. The molecule has 3 heteroatoms. The first-order chi connectivity index (χ1) is 9.33. The van der Waals surface area contributed by atoms with Crippen LogP contribution in [0, 0.1) is 0 Å². The minimum Gasteiger partial charge on any atom is -0.489 e. The highest BCUT2D eigenvalue weighted by Gasteiger charge is 2.16. The minimum absolute atomic E-state index is 0.193. The summed E-state index contributed by atoms with van der Waals surface area (Å²) < 4.78 is 5.82. The van der Waals surface area contributed by atoms with Gasteiger partial charge in [0.1, 0.15) is 12.4 Å². The molecule has 19 heavy (non-hydrogen) atoms. The normalized spacial score (nSPS) is 17.8. The molecule has 1 heterocycles. The SMILES string of the molecule is NC1CCCc2cc(OCc3ccncc3)ccc21. The van der Waals surface area contributed by atoms with Crippen LogP contribution in [-0.2, 0) is 13.0 Å². The first-order valence-corrected chi connectivity index (χ1v) is 6.73. The van der Waals surface area contributed by atoms with Crippen LogP contribution in [0.2, 0.25) is 0 Å². The van der Waals surface area contributed by atoms with Gasteiger partial charge in [0.15, 0.2) is 0 Å². The zero-order chi connectivity index (χ0) is 13.1. The van der Waals surface area contributed by atoms with E-state index in [4.69, 9.17) is 10.5 Å². The van der Waals surface area contributed by atoms with Crippen molar-refractivity contribution < 1.29 is 4.74 Å². The molecule has 0 fully saturated rings. The molecule has 0 bridgehead atoms. The average Bonchev–Trinajstić information content (AvgIpc) is 2.46. The van der Waals surface area contributed by atoms with Crippen LogP contribution in [0.4, 0.5) is 0 Å². The molecule has 1 aliphatic rings. The molecule has 0 amide bonds. The van der Waals surface area contributed by atoms with Gasteiger partial charge in [0.25, 0.3) is 0 Å². The van der Waals surface area contributed by atoms with Crippen LogP contribution in [0.3, 0.4) is 0 Å². The quantitative estimate of drug-likeness (QED) is 0.916. The number of ether oxygens (including phenoxy) is 1. The number of nitrogens with zero attached hydrogens (tertiary/aromatic N) is 1. The number of rotatable bonds is 3. The number of aryl methyl sites for hydroxylation is 1. The number of fused-ring (bicyclic) bond motifs is 1. The van der Waals surface area contributed by atoms with Gasteiger partial charge in [-0.2, -0.15) is 0 Å². The summed E-state index contributed by atoms with van der Waals surface area (Å²) >= 11 is 0. The Bertz CT molecular complexity index is 554. The van der Waals surface area contributed by atoms with Crippen molar-refractivity contribution in [2.24, 2.45) is 5.73 Å². The van der Waals surface area contributed by atoms with Crippen molar-refractivity contribution in [1.82, 2.24) is 4.98 Å². The van der Waals surface area contributed by atoms with Gasteiger partial charge in [0.2, 0.25) is 0 Å². The molecule has 0 aliphatic heterocycles.